The van der Waals surface area contributed by atoms with Crippen molar-refractivity contribution in [2.24, 2.45) is 0 Å². The van der Waals surface area contributed by atoms with E-state index in [1.165, 1.54) is 35.6 Å². The molecule has 0 saturated carbocycles. The van der Waals surface area contributed by atoms with E-state index in [0.717, 1.165) is 43.5 Å². The maximum absolute atomic E-state index is 14.8. The topological polar surface area (TPSA) is 94.1 Å². The average Bonchev–Trinajstić information content (AvgIpc) is 3.49. The molecule has 2 aliphatic rings. The molecule has 9 nitrogen and oxygen atoms in total. The number of benzene rings is 1. The number of ether oxygens (including phenoxy) is 2. The molecule has 2 saturated heterocycles. The summed E-state index contributed by atoms with van der Waals surface area (Å²) in [6, 6.07) is 8.64. The summed E-state index contributed by atoms with van der Waals surface area (Å²) in [6.45, 7) is 10.3. The van der Waals surface area contributed by atoms with E-state index >= 15 is 0 Å². The molecular weight excluding hydrogens is 552 g/mol. The highest BCUT2D eigenvalue weighted by Gasteiger charge is 2.28. The van der Waals surface area contributed by atoms with Crippen LogP contribution in [0.15, 0.2) is 36.4 Å². The second-order valence-corrected chi connectivity index (χ2v) is 11.3. The summed E-state index contributed by atoms with van der Waals surface area (Å²) >= 11 is 1.18. The van der Waals surface area contributed by atoms with Crippen molar-refractivity contribution in [2.75, 3.05) is 19.7 Å². The van der Waals surface area contributed by atoms with Gasteiger partial charge in [0.1, 0.15) is 33.8 Å². The van der Waals surface area contributed by atoms with Gasteiger partial charge in [-0.05, 0) is 50.6 Å². The van der Waals surface area contributed by atoms with E-state index in [9.17, 15) is 18.7 Å². The van der Waals surface area contributed by atoms with Crippen molar-refractivity contribution in [3.05, 3.63) is 81.4 Å². The Hall–Kier alpha value is -3.92. The van der Waals surface area contributed by atoms with Gasteiger partial charge in [-0.25, -0.2) is 28.4 Å². The molecule has 2 aliphatic heterocycles. The number of aromatic nitrogens is 3. The summed E-state index contributed by atoms with van der Waals surface area (Å²) in [7, 11) is 0. The number of aromatic carboxylic acids is 1. The van der Waals surface area contributed by atoms with Gasteiger partial charge in [-0.2, -0.15) is 0 Å². The van der Waals surface area contributed by atoms with Crippen LogP contribution < -0.4 is 4.74 Å². The van der Waals surface area contributed by atoms with Gasteiger partial charge in [-0.3, -0.25) is 4.90 Å². The van der Waals surface area contributed by atoms with Crippen molar-refractivity contribution in [3.8, 4) is 5.88 Å². The van der Waals surface area contributed by atoms with Crippen molar-refractivity contribution in [3.63, 3.8) is 0 Å². The highest BCUT2D eigenvalue weighted by Crippen LogP contribution is 2.33. The van der Waals surface area contributed by atoms with Gasteiger partial charge in [-0.1, -0.05) is 12.1 Å². The Balaban J connectivity index is 1.11. The summed E-state index contributed by atoms with van der Waals surface area (Å²) in [4.78, 5) is 27.1. The molecule has 0 unspecified atom stereocenters. The van der Waals surface area contributed by atoms with Gasteiger partial charge >= 0.3 is 5.97 Å². The Labute approximate surface area is 238 Å². The standard InChI is InChI=1S/C29H27F2N5O4S/c1-32-19-3-2-18(22(31)12-19)16-40-26-5-4-21(30)27(34-26)17-6-9-35(10-7-17)15-25-33-28-23(13-24(41-28)29(37)38)36(25)14-20-8-11-39-20/h2-5,12-13,17,20H,6-11,14-16H2,(H,37,38)/t20-/m0/s1. The Bertz CT molecular complexity index is 1640. The lowest BCUT2D eigenvalue weighted by molar-refractivity contribution is -0.0592. The van der Waals surface area contributed by atoms with E-state index in [-0.39, 0.29) is 35.1 Å². The predicted molar refractivity (Wildman–Crippen MR) is 147 cm³/mol. The van der Waals surface area contributed by atoms with Crippen molar-refractivity contribution < 1.29 is 28.2 Å². The van der Waals surface area contributed by atoms with Crippen LogP contribution in [-0.4, -0.2) is 56.3 Å². The van der Waals surface area contributed by atoms with Gasteiger partial charge in [-0.15, -0.1) is 11.3 Å². The van der Waals surface area contributed by atoms with Crippen molar-refractivity contribution >= 4 is 33.3 Å². The molecule has 212 valence electrons. The number of likely N-dealkylation sites (tertiary alicyclic amines) is 1. The third-order valence-corrected chi connectivity index (χ3v) is 8.65. The third kappa shape index (κ3) is 5.79. The summed E-state index contributed by atoms with van der Waals surface area (Å²) in [5.41, 5.74) is 1.66. The second kappa shape index (κ2) is 11.5. The molecule has 1 atom stereocenters. The number of rotatable bonds is 9. The largest absolute Gasteiger partial charge is 0.477 e. The van der Waals surface area contributed by atoms with Gasteiger partial charge in [0.2, 0.25) is 5.88 Å². The van der Waals surface area contributed by atoms with Gasteiger partial charge in [0, 0.05) is 24.2 Å². The lowest BCUT2D eigenvalue weighted by Crippen LogP contribution is -2.35. The summed E-state index contributed by atoms with van der Waals surface area (Å²) in [5, 5.41) is 9.41. The second-order valence-electron chi connectivity index (χ2n) is 10.3. The molecule has 1 aromatic carbocycles. The lowest BCUT2D eigenvalue weighted by Gasteiger charge is -2.32. The molecular formula is C29H27F2N5O4S. The molecule has 0 radical (unpaired) electrons. The first-order valence-corrected chi connectivity index (χ1v) is 14.2. The van der Waals surface area contributed by atoms with Crippen LogP contribution in [0.25, 0.3) is 15.2 Å². The van der Waals surface area contributed by atoms with E-state index in [1.807, 2.05) is 0 Å². The minimum absolute atomic E-state index is 0.0788. The molecule has 3 aromatic heterocycles. The summed E-state index contributed by atoms with van der Waals surface area (Å²) in [6.07, 6.45) is 2.46. The molecule has 0 spiro atoms. The first kappa shape index (κ1) is 27.3. The fourth-order valence-electron chi connectivity index (χ4n) is 5.27. The van der Waals surface area contributed by atoms with Crippen LogP contribution >= 0.6 is 11.3 Å². The maximum Gasteiger partial charge on any atom is 0.346 e. The zero-order chi connectivity index (χ0) is 28.5. The van der Waals surface area contributed by atoms with Gasteiger partial charge < -0.3 is 19.1 Å². The minimum atomic E-state index is -0.958. The first-order chi connectivity index (χ1) is 19.9. The fraction of sp³-hybridized carbons (Fsp3) is 0.379. The number of fused-ring (bicyclic) bond motifs is 1. The number of pyridine rings is 1. The lowest BCUT2D eigenvalue weighted by atomic mass is 9.92. The Kier molecular flexibility index (Phi) is 7.66. The van der Waals surface area contributed by atoms with Crippen molar-refractivity contribution in [1.29, 1.82) is 0 Å². The highest BCUT2D eigenvalue weighted by atomic mass is 32.1. The fourth-order valence-corrected chi connectivity index (χ4v) is 6.16. The van der Waals surface area contributed by atoms with E-state index in [1.54, 1.807) is 6.07 Å². The van der Waals surface area contributed by atoms with Crippen LogP contribution in [0.3, 0.4) is 0 Å². The number of thiophene rings is 1. The molecule has 5 heterocycles. The SMILES string of the molecule is [C-]#[N+]c1ccc(COc2ccc(F)c(C3CCN(Cc4nc5sc(C(=O)O)cc5n4C[C@@H]4CCO4)CC3)n2)c(F)c1. The van der Waals surface area contributed by atoms with Crippen LogP contribution in [-0.2, 0) is 24.4 Å². The summed E-state index contributed by atoms with van der Waals surface area (Å²) < 4.78 is 42.4. The van der Waals surface area contributed by atoms with Crippen LogP contribution in [0.1, 0.15) is 51.9 Å². The molecule has 0 bridgehead atoms. The Morgan fingerprint density at radius 2 is 1.95 bits per heavy atom. The number of hydrogen-bond donors (Lipinski definition) is 1. The number of imidazole rings is 1. The van der Waals surface area contributed by atoms with Gasteiger partial charge in [0.15, 0.2) is 5.69 Å². The quantitative estimate of drug-likeness (QED) is 0.252. The zero-order valence-corrected chi connectivity index (χ0v) is 22.9. The average molecular weight is 580 g/mol. The van der Waals surface area contributed by atoms with E-state index in [4.69, 9.17) is 21.0 Å². The van der Waals surface area contributed by atoms with Crippen LogP contribution in [0, 0.1) is 18.2 Å². The van der Waals surface area contributed by atoms with Crippen molar-refractivity contribution in [1.82, 2.24) is 19.4 Å². The summed E-state index contributed by atoms with van der Waals surface area (Å²) in [5.74, 6) is -0.882. The monoisotopic (exact) mass is 579 g/mol. The molecule has 1 N–H and O–H groups in total. The van der Waals surface area contributed by atoms with E-state index < -0.39 is 17.6 Å². The predicted octanol–water partition coefficient (Wildman–Crippen LogP) is 5.77. The zero-order valence-electron chi connectivity index (χ0n) is 22.1. The number of piperidine rings is 1. The number of carboxylic acids is 1. The van der Waals surface area contributed by atoms with Crippen molar-refractivity contribution in [2.45, 2.75) is 51.0 Å². The highest BCUT2D eigenvalue weighted by molar-refractivity contribution is 7.20. The molecule has 41 heavy (non-hydrogen) atoms. The van der Waals surface area contributed by atoms with E-state index in [0.29, 0.717) is 42.0 Å². The van der Waals surface area contributed by atoms with Gasteiger partial charge in [0.05, 0.1) is 37.0 Å². The number of halogens is 2. The first-order valence-electron chi connectivity index (χ1n) is 13.4. The number of carbonyl (C=O) groups is 1. The van der Waals surface area contributed by atoms with Crippen LogP contribution in [0.2, 0.25) is 0 Å². The number of hydrogen-bond acceptors (Lipinski definition) is 7. The smallest absolute Gasteiger partial charge is 0.346 e. The number of carboxylic acid groups (broad SMARTS) is 1. The van der Waals surface area contributed by atoms with Gasteiger partial charge in [0.25, 0.3) is 0 Å². The molecule has 0 aliphatic carbocycles. The van der Waals surface area contributed by atoms with Crippen LogP contribution in [0.4, 0.5) is 14.5 Å². The molecule has 2 fully saturated rings. The number of nitrogens with zero attached hydrogens (tertiary/aromatic N) is 5. The molecule has 0 amide bonds. The maximum atomic E-state index is 14.8. The van der Waals surface area contributed by atoms with E-state index in [2.05, 4.69) is 19.3 Å². The molecule has 6 rings (SSSR count). The minimum Gasteiger partial charge on any atom is -0.477 e. The third-order valence-electron chi connectivity index (χ3n) is 7.65. The molecule has 4 aromatic rings. The normalized spacial score (nSPS) is 17.8. The molecule has 12 heteroatoms. The Morgan fingerprint density at radius 3 is 2.63 bits per heavy atom. The van der Waals surface area contributed by atoms with Crippen LogP contribution in [0.5, 0.6) is 5.88 Å². The Morgan fingerprint density at radius 1 is 1.15 bits per heavy atom.